The first-order valence-electron chi connectivity index (χ1n) is 6.02. The van der Waals surface area contributed by atoms with Crippen LogP contribution in [-0.4, -0.2) is 15.0 Å². The monoisotopic (exact) mass is 281 g/mol. The number of nitrogens with zero attached hydrogens (tertiary/aromatic N) is 3. The normalized spacial score (nSPS) is 12.5. The Morgan fingerprint density at radius 2 is 1.55 bits per heavy atom. The van der Waals surface area contributed by atoms with Crippen LogP contribution in [0.5, 0.6) is 0 Å². The van der Waals surface area contributed by atoms with E-state index in [4.69, 9.17) is 0 Å². The molecule has 0 aliphatic heterocycles. The summed E-state index contributed by atoms with van der Waals surface area (Å²) in [6.45, 7) is 5.46. The van der Waals surface area contributed by atoms with Crippen LogP contribution in [0.3, 0.4) is 0 Å². The van der Waals surface area contributed by atoms with Gasteiger partial charge < -0.3 is 0 Å². The highest BCUT2D eigenvalue weighted by atomic mass is 19.4. The summed E-state index contributed by atoms with van der Waals surface area (Å²) in [4.78, 5) is 11.6. The summed E-state index contributed by atoms with van der Waals surface area (Å²) >= 11 is 0. The zero-order chi connectivity index (χ0) is 15.0. The summed E-state index contributed by atoms with van der Waals surface area (Å²) < 4.78 is 39.7. The molecule has 2 aromatic rings. The van der Waals surface area contributed by atoms with E-state index in [2.05, 4.69) is 15.0 Å². The van der Waals surface area contributed by atoms with Gasteiger partial charge in [-0.1, -0.05) is 20.8 Å². The summed E-state index contributed by atoms with van der Waals surface area (Å²) in [5, 5.41) is 0. The van der Waals surface area contributed by atoms with Crippen LogP contribution in [0.2, 0.25) is 0 Å². The fourth-order valence-corrected chi connectivity index (χ4v) is 1.77. The highest BCUT2D eigenvalue weighted by molar-refractivity contribution is 5.65. The lowest BCUT2D eigenvalue weighted by Crippen LogP contribution is -2.17. The van der Waals surface area contributed by atoms with Crippen molar-refractivity contribution in [2.24, 2.45) is 0 Å². The van der Waals surface area contributed by atoms with Crippen molar-refractivity contribution in [3.63, 3.8) is 0 Å². The Balaban J connectivity index is 2.65. The van der Waals surface area contributed by atoms with Gasteiger partial charge in [-0.05, 0) is 6.07 Å². The molecule has 0 atom stereocenters. The third-order valence-corrected chi connectivity index (χ3v) is 2.85. The van der Waals surface area contributed by atoms with E-state index in [-0.39, 0.29) is 5.56 Å². The summed E-state index contributed by atoms with van der Waals surface area (Å²) in [6.07, 6.45) is 0.746. The van der Waals surface area contributed by atoms with Crippen molar-refractivity contribution in [1.82, 2.24) is 15.0 Å². The fraction of sp³-hybridized carbons (Fsp3) is 0.357. The van der Waals surface area contributed by atoms with E-state index in [9.17, 15) is 13.2 Å². The van der Waals surface area contributed by atoms with Crippen molar-refractivity contribution < 1.29 is 13.2 Å². The van der Waals surface area contributed by atoms with Crippen LogP contribution in [0.1, 0.15) is 32.0 Å². The topological polar surface area (TPSA) is 38.7 Å². The molecule has 0 amide bonds. The SMILES string of the molecule is CC(C)(C)c1cc(C(F)(F)F)c(-c2cncnc2)cn1. The van der Waals surface area contributed by atoms with Crippen molar-refractivity contribution in [2.45, 2.75) is 32.4 Å². The molecular weight excluding hydrogens is 267 g/mol. The van der Waals surface area contributed by atoms with Gasteiger partial charge in [0.25, 0.3) is 0 Å². The van der Waals surface area contributed by atoms with Gasteiger partial charge in [0.05, 0.1) is 5.56 Å². The van der Waals surface area contributed by atoms with Crippen LogP contribution in [0.15, 0.2) is 31.0 Å². The fourth-order valence-electron chi connectivity index (χ4n) is 1.77. The molecule has 0 radical (unpaired) electrons. The molecule has 20 heavy (non-hydrogen) atoms. The molecule has 2 heterocycles. The first kappa shape index (κ1) is 14.4. The van der Waals surface area contributed by atoms with Gasteiger partial charge in [0.1, 0.15) is 6.33 Å². The van der Waals surface area contributed by atoms with Gasteiger partial charge in [0.15, 0.2) is 0 Å². The third kappa shape index (κ3) is 2.95. The lowest BCUT2D eigenvalue weighted by atomic mass is 9.89. The summed E-state index contributed by atoms with van der Waals surface area (Å²) in [6, 6.07) is 1.10. The van der Waals surface area contributed by atoms with Crippen molar-refractivity contribution in [2.75, 3.05) is 0 Å². The lowest BCUT2D eigenvalue weighted by molar-refractivity contribution is -0.137. The molecule has 106 valence electrons. The Kier molecular flexibility index (Phi) is 3.50. The van der Waals surface area contributed by atoms with Crippen molar-refractivity contribution in [3.05, 3.63) is 42.2 Å². The number of halogens is 3. The second-order valence-electron chi connectivity index (χ2n) is 5.49. The third-order valence-electron chi connectivity index (χ3n) is 2.85. The van der Waals surface area contributed by atoms with Gasteiger partial charge in [-0.25, -0.2) is 9.97 Å². The van der Waals surface area contributed by atoms with E-state index in [1.165, 1.54) is 24.9 Å². The molecule has 3 nitrogen and oxygen atoms in total. The minimum absolute atomic E-state index is 0.00824. The van der Waals surface area contributed by atoms with Crippen LogP contribution < -0.4 is 0 Å². The molecule has 0 saturated carbocycles. The molecule has 0 aromatic carbocycles. The van der Waals surface area contributed by atoms with Crippen molar-refractivity contribution >= 4 is 0 Å². The number of hydrogen-bond donors (Lipinski definition) is 0. The summed E-state index contributed by atoms with van der Waals surface area (Å²) in [5.41, 5.74) is -0.484. The standard InChI is InChI=1S/C14H14F3N3/c1-13(2,3)12-4-11(14(15,16)17)10(7-20-12)9-5-18-8-19-6-9/h4-8H,1-3H3. The van der Waals surface area contributed by atoms with E-state index in [1.807, 2.05) is 20.8 Å². The molecule has 0 unspecified atom stereocenters. The maximum absolute atomic E-state index is 13.2. The first-order valence-corrected chi connectivity index (χ1v) is 6.02. The molecule has 6 heteroatoms. The number of hydrogen-bond acceptors (Lipinski definition) is 3. The predicted octanol–water partition coefficient (Wildman–Crippen LogP) is 3.85. The Labute approximate surface area is 114 Å². The Morgan fingerprint density at radius 3 is 2.05 bits per heavy atom. The van der Waals surface area contributed by atoms with Gasteiger partial charge in [-0.15, -0.1) is 0 Å². The van der Waals surface area contributed by atoms with Gasteiger partial charge >= 0.3 is 6.18 Å². The number of aromatic nitrogens is 3. The zero-order valence-electron chi connectivity index (χ0n) is 11.4. The van der Waals surface area contributed by atoms with Gasteiger partial charge in [0.2, 0.25) is 0 Å². The van der Waals surface area contributed by atoms with E-state index in [1.54, 1.807) is 0 Å². The maximum atomic E-state index is 13.2. The maximum Gasteiger partial charge on any atom is 0.417 e. The highest BCUT2D eigenvalue weighted by Crippen LogP contribution is 2.38. The first-order chi connectivity index (χ1) is 9.19. The summed E-state index contributed by atoms with van der Waals surface area (Å²) in [5.74, 6) is 0. The molecule has 0 bridgehead atoms. The average molecular weight is 281 g/mol. The van der Waals surface area contributed by atoms with E-state index >= 15 is 0 Å². The predicted molar refractivity (Wildman–Crippen MR) is 69.0 cm³/mol. The quantitative estimate of drug-likeness (QED) is 0.796. The smallest absolute Gasteiger partial charge is 0.260 e. The molecule has 0 aliphatic carbocycles. The molecule has 0 aliphatic rings. The van der Waals surface area contributed by atoms with Crippen LogP contribution in [0, 0.1) is 0 Å². The molecular formula is C14H14F3N3. The molecule has 0 spiro atoms. The average Bonchev–Trinajstić information content (AvgIpc) is 2.37. The Bertz CT molecular complexity index is 601. The zero-order valence-corrected chi connectivity index (χ0v) is 11.4. The van der Waals surface area contributed by atoms with E-state index in [0.717, 1.165) is 6.07 Å². The number of rotatable bonds is 1. The second-order valence-corrected chi connectivity index (χ2v) is 5.49. The number of alkyl halides is 3. The Hall–Kier alpha value is -1.98. The van der Waals surface area contributed by atoms with Crippen LogP contribution in [0.4, 0.5) is 13.2 Å². The van der Waals surface area contributed by atoms with Crippen LogP contribution >= 0.6 is 0 Å². The van der Waals surface area contributed by atoms with E-state index in [0.29, 0.717) is 11.3 Å². The van der Waals surface area contributed by atoms with Crippen molar-refractivity contribution in [1.29, 1.82) is 0 Å². The minimum atomic E-state index is -4.45. The highest BCUT2D eigenvalue weighted by Gasteiger charge is 2.35. The Morgan fingerprint density at radius 1 is 0.950 bits per heavy atom. The molecule has 0 saturated heterocycles. The molecule has 2 rings (SSSR count). The molecule has 2 aromatic heterocycles. The summed E-state index contributed by atoms with van der Waals surface area (Å²) in [7, 11) is 0. The van der Waals surface area contributed by atoms with E-state index < -0.39 is 17.2 Å². The van der Waals surface area contributed by atoms with Gasteiger partial charge in [-0.2, -0.15) is 13.2 Å². The largest absolute Gasteiger partial charge is 0.417 e. The number of pyridine rings is 1. The second kappa shape index (κ2) is 4.85. The lowest BCUT2D eigenvalue weighted by Gasteiger charge is -2.21. The van der Waals surface area contributed by atoms with Crippen LogP contribution in [-0.2, 0) is 11.6 Å². The van der Waals surface area contributed by atoms with Crippen molar-refractivity contribution in [3.8, 4) is 11.1 Å². The minimum Gasteiger partial charge on any atom is -0.260 e. The van der Waals surface area contributed by atoms with Gasteiger partial charge in [-0.3, -0.25) is 4.98 Å². The van der Waals surface area contributed by atoms with Gasteiger partial charge in [0, 0.05) is 40.8 Å². The van der Waals surface area contributed by atoms with Crippen LogP contribution in [0.25, 0.3) is 11.1 Å². The molecule has 0 fully saturated rings. The molecule has 0 N–H and O–H groups in total.